The van der Waals surface area contributed by atoms with E-state index in [-0.39, 0.29) is 0 Å². The van der Waals surface area contributed by atoms with Gasteiger partial charge in [-0.2, -0.15) is 0 Å². The molecule has 2 nitrogen and oxygen atoms in total. The molecule has 1 atom stereocenters. The van der Waals surface area contributed by atoms with Crippen LogP contribution in [0.4, 0.5) is 0 Å². The minimum absolute atomic E-state index is 0.750. The van der Waals surface area contributed by atoms with Crippen LogP contribution in [-0.2, 0) is 0 Å². The maximum atomic E-state index is 4.18. The highest BCUT2D eigenvalue weighted by Gasteiger charge is 2.32. The molecule has 0 aliphatic carbocycles. The Bertz CT molecular complexity index is 637. The Morgan fingerprint density at radius 2 is 1.82 bits per heavy atom. The predicted octanol–water partition coefficient (Wildman–Crippen LogP) is 4.10. The largest absolute Gasteiger partial charge is 0.303 e. The normalized spacial score (nSPS) is 27.4. The summed E-state index contributed by atoms with van der Waals surface area (Å²) in [6, 6.07) is 12.9. The lowest BCUT2D eigenvalue weighted by Crippen LogP contribution is -2.46. The van der Waals surface area contributed by atoms with Crippen LogP contribution in [0.5, 0.6) is 0 Å². The number of piperidine rings is 3. The monoisotopic (exact) mass is 290 g/mol. The molecule has 1 aromatic heterocycles. The molecular weight excluding hydrogens is 268 g/mol. The smallest absolute Gasteiger partial charge is 0.0346 e. The summed E-state index contributed by atoms with van der Waals surface area (Å²) in [7, 11) is 0. The van der Waals surface area contributed by atoms with Crippen LogP contribution in [0.2, 0.25) is 0 Å². The molecule has 0 saturated carbocycles. The second kappa shape index (κ2) is 6.05. The molecule has 4 heterocycles. The van der Waals surface area contributed by atoms with Crippen LogP contribution in [0.3, 0.4) is 0 Å². The highest BCUT2D eigenvalue weighted by Crippen LogP contribution is 2.33. The fourth-order valence-electron chi connectivity index (χ4n) is 3.78. The van der Waals surface area contributed by atoms with Gasteiger partial charge in [0.25, 0.3) is 0 Å². The number of hydrogen-bond acceptors (Lipinski definition) is 2. The van der Waals surface area contributed by atoms with E-state index < -0.39 is 0 Å². The van der Waals surface area contributed by atoms with Gasteiger partial charge in [0.2, 0.25) is 0 Å². The van der Waals surface area contributed by atoms with Crippen molar-refractivity contribution in [2.75, 3.05) is 19.6 Å². The number of fused-ring (bicyclic) bond motifs is 3. The highest BCUT2D eigenvalue weighted by molar-refractivity contribution is 5.64. The van der Waals surface area contributed by atoms with Crippen LogP contribution >= 0.6 is 0 Å². The maximum Gasteiger partial charge on any atom is 0.0346 e. The first-order chi connectivity index (χ1) is 10.9. The zero-order chi connectivity index (χ0) is 14.8. The van der Waals surface area contributed by atoms with Gasteiger partial charge in [0, 0.05) is 18.9 Å². The van der Waals surface area contributed by atoms with Gasteiger partial charge in [-0.1, -0.05) is 42.5 Å². The molecule has 5 rings (SSSR count). The van der Waals surface area contributed by atoms with Crippen molar-refractivity contribution in [1.29, 1.82) is 0 Å². The van der Waals surface area contributed by atoms with Gasteiger partial charge >= 0.3 is 0 Å². The summed E-state index contributed by atoms with van der Waals surface area (Å²) < 4.78 is 0. The number of rotatable bonds is 3. The predicted molar refractivity (Wildman–Crippen MR) is 91.4 cm³/mol. The first-order valence-electron chi connectivity index (χ1n) is 8.29. The molecule has 1 aromatic carbocycles. The fourth-order valence-corrected chi connectivity index (χ4v) is 3.78. The first-order valence-corrected chi connectivity index (χ1v) is 8.29. The summed E-state index contributed by atoms with van der Waals surface area (Å²) >= 11 is 0. The van der Waals surface area contributed by atoms with E-state index >= 15 is 0 Å². The van der Waals surface area contributed by atoms with Crippen molar-refractivity contribution in [3.63, 3.8) is 0 Å². The lowest BCUT2D eigenvalue weighted by Gasteiger charge is -2.43. The van der Waals surface area contributed by atoms with Crippen molar-refractivity contribution in [1.82, 2.24) is 9.88 Å². The van der Waals surface area contributed by atoms with E-state index in [1.54, 1.807) is 0 Å². The second-order valence-corrected chi connectivity index (χ2v) is 6.52. The van der Waals surface area contributed by atoms with E-state index in [1.165, 1.54) is 49.2 Å². The zero-order valence-electron chi connectivity index (χ0n) is 12.9. The molecule has 2 bridgehead atoms. The summed E-state index contributed by atoms with van der Waals surface area (Å²) in [4.78, 5) is 6.80. The van der Waals surface area contributed by atoms with Crippen LogP contribution < -0.4 is 0 Å². The molecule has 0 radical (unpaired) electrons. The molecule has 1 unspecified atom stereocenters. The van der Waals surface area contributed by atoms with E-state index in [4.69, 9.17) is 0 Å². The Balaban J connectivity index is 1.46. The number of nitrogens with zero attached hydrogens (tertiary/aromatic N) is 2. The summed E-state index contributed by atoms with van der Waals surface area (Å²) in [5.41, 5.74) is 3.70. The molecule has 3 saturated heterocycles. The molecule has 2 heteroatoms. The molecule has 2 aromatic rings. The Labute approximate surface area is 132 Å². The third-order valence-electron chi connectivity index (χ3n) is 5.15. The highest BCUT2D eigenvalue weighted by atomic mass is 15.1. The van der Waals surface area contributed by atoms with Gasteiger partial charge in [0.1, 0.15) is 0 Å². The molecule has 22 heavy (non-hydrogen) atoms. The van der Waals surface area contributed by atoms with Crippen molar-refractivity contribution in [3.05, 3.63) is 60.4 Å². The average molecular weight is 290 g/mol. The SMILES string of the molecule is C(=C\C1CN2CCC1CC2)/c1ccc(-c2cccnc2)cc1. The van der Waals surface area contributed by atoms with Crippen molar-refractivity contribution in [2.24, 2.45) is 11.8 Å². The zero-order valence-corrected chi connectivity index (χ0v) is 12.9. The summed E-state index contributed by atoms with van der Waals surface area (Å²) in [6.07, 6.45) is 11.2. The standard InChI is InChI=1S/C20H22N2/c1-2-19(14-21-11-1)17-6-3-16(4-7-17)5-8-20-15-22-12-9-18(20)10-13-22/h1-8,11,14,18,20H,9-10,12-13,15H2/b8-5+. The van der Waals surface area contributed by atoms with E-state index in [1.807, 2.05) is 18.5 Å². The van der Waals surface area contributed by atoms with Crippen molar-refractivity contribution in [3.8, 4) is 11.1 Å². The van der Waals surface area contributed by atoms with E-state index in [9.17, 15) is 0 Å². The average Bonchev–Trinajstić information content (AvgIpc) is 2.62. The number of aromatic nitrogens is 1. The van der Waals surface area contributed by atoms with Gasteiger partial charge in [0.05, 0.1) is 0 Å². The molecular formula is C20H22N2. The molecule has 3 aliphatic rings. The molecule has 0 N–H and O–H groups in total. The lowest BCUT2D eigenvalue weighted by molar-refractivity contribution is 0.0740. The van der Waals surface area contributed by atoms with Gasteiger partial charge in [-0.05, 0) is 60.5 Å². The topological polar surface area (TPSA) is 16.1 Å². The quantitative estimate of drug-likeness (QED) is 0.846. The summed E-state index contributed by atoms with van der Waals surface area (Å²) in [6.45, 7) is 3.89. The molecule has 112 valence electrons. The Morgan fingerprint density at radius 3 is 2.45 bits per heavy atom. The van der Waals surface area contributed by atoms with Crippen LogP contribution in [0.25, 0.3) is 17.2 Å². The molecule has 3 aliphatic heterocycles. The summed E-state index contributed by atoms with van der Waals surface area (Å²) in [5, 5.41) is 0. The molecule has 3 fully saturated rings. The number of pyridine rings is 1. The van der Waals surface area contributed by atoms with Crippen LogP contribution in [0, 0.1) is 11.8 Å². The van der Waals surface area contributed by atoms with Gasteiger partial charge in [0.15, 0.2) is 0 Å². The fraction of sp³-hybridized carbons (Fsp3) is 0.350. The van der Waals surface area contributed by atoms with E-state index in [0.29, 0.717) is 0 Å². The minimum Gasteiger partial charge on any atom is -0.303 e. The van der Waals surface area contributed by atoms with Gasteiger partial charge in [-0.25, -0.2) is 0 Å². The van der Waals surface area contributed by atoms with E-state index in [0.717, 1.165) is 11.8 Å². The van der Waals surface area contributed by atoms with Crippen LogP contribution in [0.15, 0.2) is 54.9 Å². The van der Waals surface area contributed by atoms with Crippen LogP contribution in [0.1, 0.15) is 18.4 Å². The van der Waals surface area contributed by atoms with Gasteiger partial charge in [-0.3, -0.25) is 4.98 Å². The van der Waals surface area contributed by atoms with Crippen molar-refractivity contribution < 1.29 is 0 Å². The number of hydrogen-bond donors (Lipinski definition) is 0. The van der Waals surface area contributed by atoms with E-state index in [2.05, 4.69) is 52.4 Å². The Kier molecular flexibility index (Phi) is 3.77. The summed E-state index contributed by atoms with van der Waals surface area (Å²) in [5.74, 6) is 1.66. The third kappa shape index (κ3) is 2.84. The number of benzene rings is 1. The maximum absolute atomic E-state index is 4.18. The van der Waals surface area contributed by atoms with Crippen LogP contribution in [-0.4, -0.2) is 29.5 Å². The van der Waals surface area contributed by atoms with Crippen molar-refractivity contribution in [2.45, 2.75) is 12.8 Å². The second-order valence-electron chi connectivity index (χ2n) is 6.52. The van der Waals surface area contributed by atoms with Crippen molar-refractivity contribution >= 4 is 6.08 Å². The van der Waals surface area contributed by atoms with Gasteiger partial charge in [-0.15, -0.1) is 0 Å². The molecule has 0 spiro atoms. The Morgan fingerprint density at radius 1 is 1.00 bits per heavy atom. The Hall–Kier alpha value is -1.93. The first kappa shape index (κ1) is 13.7. The minimum atomic E-state index is 0.750. The van der Waals surface area contributed by atoms with Gasteiger partial charge < -0.3 is 4.90 Å². The third-order valence-corrected chi connectivity index (χ3v) is 5.15. The molecule has 0 amide bonds. The lowest BCUT2D eigenvalue weighted by atomic mass is 9.79.